The van der Waals surface area contributed by atoms with Crippen molar-refractivity contribution in [2.75, 3.05) is 0 Å². The molecule has 0 saturated carbocycles. The topological polar surface area (TPSA) is 0 Å². The average molecular weight is 410 g/mol. The molecule has 0 fully saturated rings. The summed E-state index contributed by atoms with van der Waals surface area (Å²) in [5, 5.41) is 0.618. The molecule has 0 aliphatic heterocycles. The molecule has 0 bridgehead atoms. The van der Waals surface area contributed by atoms with Crippen molar-refractivity contribution < 1.29 is 8.78 Å². The Morgan fingerprint density at radius 1 is 1.05 bits per heavy atom. The van der Waals surface area contributed by atoms with E-state index in [1.807, 2.05) is 18.2 Å². The molecule has 0 nitrogen and oxygen atoms in total. The van der Waals surface area contributed by atoms with Crippen LogP contribution in [0.25, 0.3) is 0 Å². The van der Waals surface area contributed by atoms with Gasteiger partial charge in [0.05, 0.1) is 5.02 Å². The first-order chi connectivity index (χ1) is 8.97. The predicted octanol–water partition coefficient (Wildman–Crippen LogP) is 6.06. The van der Waals surface area contributed by atoms with Crippen molar-refractivity contribution in [3.8, 4) is 0 Å². The summed E-state index contributed by atoms with van der Waals surface area (Å²) in [7, 11) is 0. The number of alkyl halides is 1. The van der Waals surface area contributed by atoms with Gasteiger partial charge in [0.1, 0.15) is 0 Å². The van der Waals surface area contributed by atoms with Crippen LogP contribution in [0, 0.1) is 11.6 Å². The molecule has 0 heterocycles. The minimum Gasteiger partial charge on any atom is -0.204 e. The molecule has 19 heavy (non-hydrogen) atoms. The van der Waals surface area contributed by atoms with Crippen LogP contribution < -0.4 is 0 Å². The van der Waals surface area contributed by atoms with Gasteiger partial charge in [0.15, 0.2) is 11.6 Å². The van der Waals surface area contributed by atoms with E-state index in [1.165, 1.54) is 6.07 Å². The Morgan fingerprint density at radius 2 is 1.79 bits per heavy atom. The molecule has 2 aromatic rings. The van der Waals surface area contributed by atoms with Gasteiger partial charge in [-0.25, -0.2) is 8.78 Å². The van der Waals surface area contributed by atoms with Gasteiger partial charge in [-0.05, 0) is 57.7 Å². The van der Waals surface area contributed by atoms with E-state index >= 15 is 0 Å². The zero-order valence-corrected chi connectivity index (χ0v) is 13.6. The number of hydrogen-bond donors (Lipinski definition) is 0. The van der Waals surface area contributed by atoms with Crippen molar-refractivity contribution in [2.45, 2.75) is 11.2 Å². The molecule has 1 unspecified atom stereocenters. The first-order valence-electron chi connectivity index (χ1n) is 5.50. The predicted molar refractivity (Wildman–Crippen MR) is 80.9 cm³/mol. The molecule has 0 aromatic heterocycles. The lowest BCUT2D eigenvalue weighted by Gasteiger charge is -2.11. The number of benzene rings is 2. The van der Waals surface area contributed by atoms with E-state index in [0.29, 0.717) is 11.4 Å². The SMILES string of the molecule is Fc1ccc(CC(Br)c2ccc(Br)c(Cl)c2)cc1F. The largest absolute Gasteiger partial charge is 0.204 e. The normalized spacial score (nSPS) is 12.5. The lowest BCUT2D eigenvalue weighted by atomic mass is 10.0. The van der Waals surface area contributed by atoms with Crippen molar-refractivity contribution in [2.24, 2.45) is 0 Å². The molecule has 0 aliphatic carbocycles. The molecule has 0 spiro atoms. The van der Waals surface area contributed by atoms with Crippen LogP contribution in [0.5, 0.6) is 0 Å². The second kappa shape index (κ2) is 6.33. The third kappa shape index (κ3) is 3.77. The quantitative estimate of drug-likeness (QED) is 0.540. The lowest BCUT2D eigenvalue weighted by Crippen LogP contribution is -1.97. The van der Waals surface area contributed by atoms with E-state index in [4.69, 9.17) is 11.6 Å². The van der Waals surface area contributed by atoms with Gasteiger partial charge in [0, 0.05) is 9.30 Å². The molecular weight excluding hydrogens is 401 g/mol. The number of halogens is 5. The average Bonchev–Trinajstić information content (AvgIpc) is 2.37. The van der Waals surface area contributed by atoms with Gasteiger partial charge in [0.25, 0.3) is 0 Å². The van der Waals surface area contributed by atoms with Crippen LogP contribution >= 0.6 is 43.5 Å². The van der Waals surface area contributed by atoms with Crippen molar-refractivity contribution >= 4 is 43.5 Å². The van der Waals surface area contributed by atoms with Crippen LogP contribution in [0.4, 0.5) is 8.78 Å². The van der Waals surface area contributed by atoms with Crippen LogP contribution in [0.15, 0.2) is 40.9 Å². The van der Waals surface area contributed by atoms with Gasteiger partial charge in [-0.15, -0.1) is 0 Å². The second-order valence-electron chi connectivity index (χ2n) is 4.09. The third-order valence-electron chi connectivity index (χ3n) is 2.70. The van der Waals surface area contributed by atoms with Gasteiger partial charge in [-0.2, -0.15) is 0 Å². The molecule has 0 amide bonds. The van der Waals surface area contributed by atoms with Crippen LogP contribution in [-0.2, 0) is 6.42 Å². The fourth-order valence-electron chi connectivity index (χ4n) is 1.70. The van der Waals surface area contributed by atoms with Gasteiger partial charge in [-0.1, -0.05) is 39.7 Å². The standard InChI is InChI=1S/C14H9Br2ClF2/c15-10-3-2-9(7-12(10)17)11(16)5-8-1-4-13(18)14(19)6-8/h1-4,6-7,11H,5H2. The minimum absolute atomic E-state index is 0.0111. The zero-order valence-electron chi connectivity index (χ0n) is 9.64. The highest BCUT2D eigenvalue weighted by molar-refractivity contribution is 9.10. The molecule has 0 saturated heterocycles. The molecule has 0 aliphatic rings. The molecule has 2 rings (SSSR count). The Morgan fingerprint density at radius 3 is 2.42 bits per heavy atom. The molecule has 0 N–H and O–H groups in total. The summed E-state index contributed by atoms with van der Waals surface area (Å²) in [5.74, 6) is -1.66. The van der Waals surface area contributed by atoms with Crippen molar-refractivity contribution in [1.29, 1.82) is 0 Å². The van der Waals surface area contributed by atoms with Crippen LogP contribution in [0.3, 0.4) is 0 Å². The van der Waals surface area contributed by atoms with Crippen LogP contribution in [0.2, 0.25) is 5.02 Å². The summed E-state index contributed by atoms with van der Waals surface area (Å²) in [6.45, 7) is 0. The van der Waals surface area contributed by atoms with Gasteiger partial charge in [0.2, 0.25) is 0 Å². The number of rotatable bonds is 3. The Hall–Kier alpha value is -0.450. The van der Waals surface area contributed by atoms with Gasteiger partial charge < -0.3 is 0 Å². The van der Waals surface area contributed by atoms with Gasteiger partial charge >= 0.3 is 0 Å². The molecule has 100 valence electrons. The van der Waals surface area contributed by atoms with E-state index < -0.39 is 11.6 Å². The van der Waals surface area contributed by atoms with E-state index in [-0.39, 0.29) is 4.83 Å². The highest BCUT2D eigenvalue weighted by atomic mass is 79.9. The van der Waals surface area contributed by atoms with E-state index in [1.54, 1.807) is 6.07 Å². The van der Waals surface area contributed by atoms with Crippen molar-refractivity contribution in [3.05, 3.63) is 68.7 Å². The van der Waals surface area contributed by atoms with E-state index in [0.717, 1.165) is 21.7 Å². The Balaban J connectivity index is 2.17. The Bertz CT molecular complexity index is 602. The fourth-order valence-corrected chi connectivity index (χ4v) is 2.79. The number of hydrogen-bond acceptors (Lipinski definition) is 0. The van der Waals surface area contributed by atoms with Crippen molar-refractivity contribution in [1.82, 2.24) is 0 Å². The molecule has 5 heteroatoms. The monoisotopic (exact) mass is 408 g/mol. The minimum atomic E-state index is -0.832. The summed E-state index contributed by atoms with van der Waals surface area (Å²) < 4.78 is 26.8. The smallest absolute Gasteiger partial charge is 0.159 e. The fraction of sp³-hybridized carbons (Fsp3) is 0.143. The highest BCUT2D eigenvalue weighted by Gasteiger charge is 2.12. The molecular formula is C14H9Br2ClF2. The van der Waals surface area contributed by atoms with Crippen LogP contribution in [-0.4, -0.2) is 0 Å². The second-order valence-corrected chi connectivity index (χ2v) is 6.46. The maximum atomic E-state index is 13.1. The summed E-state index contributed by atoms with van der Waals surface area (Å²) in [6.07, 6.45) is 0.551. The third-order valence-corrected chi connectivity index (χ3v) is 4.79. The van der Waals surface area contributed by atoms with E-state index in [9.17, 15) is 8.78 Å². The first-order valence-corrected chi connectivity index (χ1v) is 7.59. The molecule has 0 radical (unpaired) electrons. The molecule has 1 atom stereocenters. The Labute approximate surface area is 132 Å². The van der Waals surface area contributed by atoms with Crippen LogP contribution in [0.1, 0.15) is 16.0 Å². The maximum absolute atomic E-state index is 13.1. The molecule has 2 aromatic carbocycles. The van der Waals surface area contributed by atoms with Gasteiger partial charge in [-0.3, -0.25) is 0 Å². The maximum Gasteiger partial charge on any atom is 0.159 e. The van der Waals surface area contributed by atoms with Crippen molar-refractivity contribution in [3.63, 3.8) is 0 Å². The van der Waals surface area contributed by atoms with E-state index in [2.05, 4.69) is 31.9 Å². The highest BCUT2D eigenvalue weighted by Crippen LogP contribution is 2.32. The lowest BCUT2D eigenvalue weighted by molar-refractivity contribution is 0.507. The summed E-state index contributed by atoms with van der Waals surface area (Å²) in [5.41, 5.74) is 1.71. The Kier molecular flexibility index (Phi) is 4.98. The first kappa shape index (κ1) is 14.9. The summed E-state index contributed by atoms with van der Waals surface area (Å²) in [4.78, 5) is -0.0111. The zero-order chi connectivity index (χ0) is 14.0. The summed E-state index contributed by atoms with van der Waals surface area (Å²) >= 11 is 12.9. The summed E-state index contributed by atoms with van der Waals surface area (Å²) in [6, 6.07) is 9.55.